The number of hydrogen-bond donors (Lipinski definition) is 2. The third-order valence-corrected chi connectivity index (χ3v) is 5.41. The van der Waals surface area contributed by atoms with Crippen LogP contribution in [0.15, 0.2) is 27.6 Å². The Hall–Kier alpha value is -0.470. The van der Waals surface area contributed by atoms with Crippen molar-refractivity contribution in [2.45, 2.75) is 37.8 Å². The van der Waals surface area contributed by atoms with Crippen LogP contribution in [0.3, 0.4) is 0 Å². The van der Waals surface area contributed by atoms with E-state index in [1.807, 2.05) is 12.1 Å². The van der Waals surface area contributed by atoms with Crippen molar-refractivity contribution in [1.82, 2.24) is 10.0 Å². The van der Waals surface area contributed by atoms with Crippen molar-refractivity contribution in [2.24, 2.45) is 0 Å². The molecule has 0 aliphatic carbocycles. The van der Waals surface area contributed by atoms with Crippen molar-refractivity contribution < 1.29 is 13.2 Å². The summed E-state index contributed by atoms with van der Waals surface area (Å²) in [6.45, 7) is 5.81. The molecular formula is C14H23BrN2O3S. The Kier molecular flexibility index (Phi) is 7.83. The minimum Gasteiger partial charge on any atom is -0.380 e. The number of methoxy groups -OCH3 is 1. The number of rotatable bonds is 9. The molecule has 0 aliphatic heterocycles. The molecule has 21 heavy (non-hydrogen) atoms. The van der Waals surface area contributed by atoms with Gasteiger partial charge >= 0.3 is 0 Å². The highest BCUT2D eigenvalue weighted by molar-refractivity contribution is 9.10. The number of ether oxygens (including phenoxy) is 1. The first-order valence-electron chi connectivity index (χ1n) is 6.92. The van der Waals surface area contributed by atoms with Crippen LogP contribution in [-0.4, -0.2) is 34.7 Å². The molecule has 1 atom stereocenters. The predicted molar refractivity (Wildman–Crippen MR) is 87.8 cm³/mol. The molecule has 0 saturated heterocycles. The largest absolute Gasteiger partial charge is 0.380 e. The van der Waals surface area contributed by atoms with Crippen LogP contribution in [0.5, 0.6) is 0 Å². The van der Waals surface area contributed by atoms with Gasteiger partial charge in [-0.2, -0.15) is 0 Å². The zero-order valence-corrected chi connectivity index (χ0v) is 15.1. The molecule has 1 aromatic rings. The zero-order valence-electron chi connectivity index (χ0n) is 12.6. The van der Waals surface area contributed by atoms with Gasteiger partial charge in [-0.3, -0.25) is 0 Å². The van der Waals surface area contributed by atoms with Crippen LogP contribution >= 0.6 is 15.9 Å². The molecule has 0 amide bonds. The molecule has 7 heteroatoms. The van der Waals surface area contributed by atoms with Crippen molar-refractivity contribution in [3.05, 3.63) is 28.2 Å². The van der Waals surface area contributed by atoms with Crippen LogP contribution in [-0.2, 0) is 21.3 Å². The maximum atomic E-state index is 12.2. The van der Waals surface area contributed by atoms with Crippen LogP contribution in [0, 0.1) is 0 Å². The molecule has 0 heterocycles. The van der Waals surface area contributed by atoms with Crippen LogP contribution in [0.1, 0.15) is 25.8 Å². The maximum Gasteiger partial charge on any atom is 0.241 e. The normalized spacial score (nSPS) is 13.3. The van der Waals surface area contributed by atoms with E-state index in [2.05, 4.69) is 32.9 Å². The fourth-order valence-electron chi connectivity index (χ4n) is 1.67. The van der Waals surface area contributed by atoms with Gasteiger partial charge in [0, 0.05) is 24.7 Å². The topological polar surface area (TPSA) is 67.4 Å². The Bertz CT molecular complexity index is 549. The van der Waals surface area contributed by atoms with Crippen LogP contribution in [0.4, 0.5) is 0 Å². The molecule has 0 aliphatic rings. The van der Waals surface area contributed by atoms with Gasteiger partial charge in [-0.05, 0) is 53.5 Å². The van der Waals surface area contributed by atoms with Crippen molar-refractivity contribution in [3.63, 3.8) is 0 Å². The van der Waals surface area contributed by atoms with E-state index in [4.69, 9.17) is 4.74 Å². The van der Waals surface area contributed by atoms with Crippen molar-refractivity contribution in [1.29, 1.82) is 0 Å². The molecule has 1 unspecified atom stereocenters. The highest BCUT2D eigenvalue weighted by Crippen LogP contribution is 2.23. The van der Waals surface area contributed by atoms with E-state index >= 15 is 0 Å². The van der Waals surface area contributed by atoms with E-state index in [1.165, 1.54) is 0 Å². The van der Waals surface area contributed by atoms with E-state index in [1.54, 1.807) is 20.1 Å². The molecule has 0 saturated carbocycles. The lowest BCUT2D eigenvalue weighted by atomic mass is 10.2. The summed E-state index contributed by atoms with van der Waals surface area (Å²) in [5.74, 6) is 0. The molecule has 0 spiro atoms. The fourth-order valence-corrected chi connectivity index (χ4v) is 3.91. The van der Waals surface area contributed by atoms with E-state index in [-0.39, 0.29) is 17.5 Å². The summed E-state index contributed by atoms with van der Waals surface area (Å²) in [5, 5.41) is 3.28. The molecule has 5 nitrogen and oxygen atoms in total. The maximum absolute atomic E-state index is 12.2. The molecule has 0 radical (unpaired) electrons. The lowest BCUT2D eigenvalue weighted by Crippen LogP contribution is -2.31. The molecule has 1 aromatic carbocycles. The van der Waals surface area contributed by atoms with Gasteiger partial charge in [0.2, 0.25) is 10.0 Å². The number of sulfonamides is 1. The monoisotopic (exact) mass is 378 g/mol. The van der Waals surface area contributed by atoms with Crippen molar-refractivity contribution >= 4 is 26.0 Å². The van der Waals surface area contributed by atoms with E-state index in [0.717, 1.165) is 25.1 Å². The standard InChI is InChI=1S/C14H23BrN2O3S/c1-4-7-16-10-12-5-6-14(13(15)8-12)21(18,19)17-9-11(2)20-3/h5-6,8,11,16-17H,4,7,9-10H2,1-3H3. The predicted octanol–water partition coefficient (Wildman–Crippen LogP) is 2.26. The second-order valence-electron chi connectivity index (χ2n) is 4.84. The van der Waals surface area contributed by atoms with Gasteiger partial charge in [0.25, 0.3) is 0 Å². The first kappa shape index (κ1) is 18.6. The third kappa shape index (κ3) is 6.04. The summed E-state index contributed by atoms with van der Waals surface area (Å²) in [6.07, 6.45) is 0.894. The Morgan fingerprint density at radius 1 is 1.38 bits per heavy atom. The van der Waals surface area contributed by atoms with Gasteiger partial charge in [0.15, 0.2) is 0 Å². The first-order valence-corrected chi connectivity index (χ1v) is 9.20. The first-order chi connectivity index (χ1) is 9.90. The molecule has 0 fully saturated rings. The van der Waals surface area contributed by atoms with Crippen molar-refractivity contribution in [3.8, 4) is 0 Å². The SMILES string of the molecule is CCCNCc1ccc(S(=O)(=O)NCC(C)OC)c(Br)c1. The second-order valence-corrected chi connectivity index (χ2v) is 7.43. The van der Waals surface area contributed by atoms with Crippen molar-refractivity contribution in [2.75, 3.05) is 20.2 Å². The van der Waals surface area contributed by atoms with Crippen LogP contribution in [0.25, 0.3) is 0 Å². The number of hydrogen-bond acceptors (Lipinski definition) is 4. The van der Waals surface area contributed by atoms with Crippen LogP contribution in [0.2, 0.25) is 0 Å². The van der Waals surface area contributed by atoms with Gasteiger partial charge < -0.3 is 10.1 Å². The average molecular weight is 379 g/mol. The smallest absolute Gasteiger partial charge is 0.241 e. The Balaban J connectivity index is 2.78. The minimum atomic E-state index is -3.54. The summed E-state index contributed by atoms with van der Waals surface area (Å²) >= 11 is 3.34. The minimum absolute atomic E-state index is 0.170. The number of benzene rings is 1. The quantitative estimate of drug-likeness (QED) is 0.646. The summed E-state index contributed by atoms with van der Waals surface area (Å²) < 4.78 is 32.6. The Morgan fingerprint density at radius 2 is 2.10 bits per heavy atom. The third-order valence-electron chi connectivity index (χ3n) is 3.00. The van der Waals surface area contributed by atoms with Gasteiger partial charge in [-0.15, -0.1) is 0 Å². The van der Waals surface area contributed by atoms with Gasteiger partial charge in [0.1, 0.15) is 0 Å². The molecule has 2 N–H and O–H groups in total. The summed E-state index contributed by atoms with van der Waals surface area (Å²) in [4.78, 5) is 0.241. The average Bonchev–Trinajstić information content (AvgIpc) is 2.45. The molecule has 1 rings (SSSR count). The highest BCUT2D eigenvalue weighted by atomic mass is 79.9. The van der Waals surface area contributed by atoms with E-state index in [0.29, 0.717) is 4.47 Å². The van der Waals surface area contributed by atoms with E-state index in [9.17, 15) is 8.42 Å². The number of nitrogens with one attached hydrogen (secondary N) is 2. The summed E-state index contributed by atoms with van der Waals surface area (Å²) in [5.41, 5.74) is 1.04. The molecule has 0 bridgehead atoms. The zero-order chi connectivity index (χ0) is 15.9. The van der Waals surface area contributed by atoms with Gasteiger partial charge in [-0.1, -0.05) is 13.0 Å². The second kappa shape index (κ2) is 8.85. The number of halogens is 1. The van der Waals surface area contributed by atoms with E-state index < -0.39 is 10.0 Å². The summed E-state index contributed by atoms with van der Waals surface area (Å²) in [6, 6.07) is 5.27. The Labute approximate surface area is 135 Å². The Morgan fingerprint density at radius 3 is 2.67 bits per heavy atom. The fraction of sp³-hybridized carbons (Fsp3) is 0.571. The van der Waals surface area contributed by atoms with Gasteiger partial charge in [-0.25, -0.2) is 13.1 Å². The lowest BCUT2D eigenvalue weighted by Gasteiger charge is -2.13. The molecule has 0 aromatic heterocycles. The van der Waals surface area contributed by atoms with Gasteiger partial charge in [0.05, 0.1) is 11.0 Å². The lowest BCUT2D eigenvalue weighted by molar-refractivity contribution is 0.122. The highest BCUT2D eigenvalue weighted by Gasteiger charge is 2.18. The summed E-state index contributed by atoms with van der Waals surface area (Å²) in [7, 11) is -1.99. The molecule has 120 valence electrons. The van der Waals surface area contributed by atoms with Crippen LogP contribution < -0.4 is 10.0 Å². The molecular weight excluding hydrogens is 356 g/mol.